The van der Waals surface area contributed by atoms with Crippen LogP contribution in [0.5, 0.6) is 0 Å². The number of hydrogen-bond acceptors (Lipinski definition) is 4. The minimum atomic E-state index is -1.49. The molecule has 0 spiro atoms. The number of aromatic nitrogens is 1. The Morgan fingerprint density at radius 2 is 1.93 bits per heavy atom. The third kappa shape index (κ3) is 3.89. The van der Waals surface area contributed by atoms with Crippen LogP contribution in [0.15, 0.2) is 40.8 Å². The number of urea groups is 1. The summed E-state index contributed by atoms with van der Waals surface area (Å²) in [6.45, 7) is 4.58. The molecule has 0 saturated carbocycles. The smallest absolute Gasteiger partial charge is 0.328 e. The summed E-state index contributed by atoms with van der Waals surface area (Å²) in [4.78, 5) is 27.3. The van der Waals surface area contributed by atoms with Crippen LogP contribution in [0.1, 0.15) is 19.4 Å². The van der Waals surface area contributed by atoms with Crippen LogP contribution in [0.4, 0.5) is 14.9 Å². The summed E-state index contributed by atoms with van der Waals surface area (Å²) in [6, 6.07) is 8.82. The maximum atomic E-state index is 14.4. The van der Waals surface area contributed by atoms with E-state index >= 15 is 0 Å². The van der Waals surface area contributed by atoms with Crippen LogP contribution in [0.2, 0.25) is 0 Å². The van der Waals surface area contributed by atoms with Gasteiger partial charge in [0, 0.05) is 5.56 Å². The summed E-state index contributed by atoms with van der Waals surface area (Å²) in [6.07, 6.45) is 0. The van der Waals surface area contributed by atoms with Crippen molar-refractivity contribution in [2.75, 3.05) is 5.32 Å². The van der Waals surface area contributed by atoms with Gasteiger partial charge >= 0.3 is 12.0 Å². The van der Waals surface area contributed by atoms with Crippen molar-refractivity contribution >= 4 is 28.8 Å². The molecule has 0 aliphatic carbocycles. The molecule has 0 aliphatic heterocycles. The molecular weight excluding hydrogens is 353 g/mol. The van der Waals surface area contributed by atoms with Gasteiger partial charge in [0.2, 0.25) is 5.89 Å². The topological polar surface area (TPSA) is 104 Å². The van der Waals surface area contributed by atoms with Crippen LogP contribution in [0, 0.1) is 12.7 Å². The second-order valence-electron chi connectivity index (χ2n) is 6.69. The van der Waals surface area contributed by atoms with E-state index in [1.807, 2.05) is 19.1 Å². The van der Waals surface area contributed by atoms with Gasteiger partial charge < -0.3 is 20.2 Å². The monoisotopic (exact) mass is 371 g/mol. The van der Waals surface area contributed by atoms with Gasteiger partial charge in [-0.3, -0.25) is 0 Å². The molecule has 0 bridgehead atoms. The van der Waals surface area contributed by atoms with E-state index in [2.05, 4.69) is 15.6 Å². The molecule has 7 nitrogen and oxygen atoms in total. The number of fused-ring (bicyclic) bond motifs is 1. The number of amides is 2. The molecule has 0 unspecified atom stereocenters. The number of nitrogens with one attached hydrogen (secondary N) is 2. The number of halogens is 1. The molecule has 0 fully saturated rings. The van der Waals surface area contributed by atoms with Crippen LogP contribution in [0.25, 0.3) is 22.6 Å². The standard InChI is InChI=1S/C19H18FN3O4/c1-10-4-7-15-14(8-10)21-16(27-15)11-5-6-13(12(20)9-11)22-18(26)23-19(2,3)17(24)25/h4-9H,1-3H3,(H,24,25)(H2,22,23,26). The number of carbonyl (C=O) groups excluding carboxylic acids is 1. The van der Waals surface area contributed by atoms with Gasteiger partial charge in [0.05, 0.1) is 5.69 Å². The quantitative estimate of drug-likeness (QED) is 0.645. The average molecular weight is 371 g/mol. The van der Waals surface area contributed by atoms with Gasteiger partial charge in [-0.05, 0) is 56.7 Å². The SMILES string of the molecule is Cc1ccc2oc(-c3ccc(NC(=O)NC(C)(C)C(=O)O)c(F)c3)nc2c1. The van der Waals surface area contributed by atoms with Crippen molar-refractivity contribution in [3.05, 3.63) is 47.8 Å². The van der Waals surface area contributed by atoms with Gasteiger partial charge in [-0.25, -0.2) is 19.0 Å². The van der Waals surface area contributed by atoms with Crippen molar-refractivity contribution < 1.29 is 23.5 Å². The van der Waals surface area contributed by atoms with Crippen LogP contribution < -0.4 is 10.6 Å². The number of carbonyl (C=O) groups is 2. The molecule has 1 aromatic heterocycles. The van der Waals surface area contributed by atoms with E-state index in [1.54, 1.807) is 12.1 Å². The lowest BCUT2D eigenvalue weighted by Gasteiger charge is -2.21. The second-order valence-corrected chi connectivity index (χ2v) is 6.69. The first-order valence-corrected chi connectivity index (χ1v) is 8.15. The zero-order valence-corrected chi connectivity index (χ0v) is 15.0. The molecule has 140 valence electrons. The van der Waals surface area contributed by atoms with Gasteiger partial charge in [0.1, 0.15) is 16.9 Å². The van der Waals surface area contributed by atoms with Gasteiger partial charge in [-0.2, -0.15) is 0 Å². The number of nitrogens with zero attached hydrogens (tertiary/aromatic N) is 1. The highest BCUT2D eigenvalue weighted by Gasteiger charge is 2.29. The zero-order chi connectivity index (χ0) is 19.8. The van der Waals surface area contributed by atoms with Crippen molar-refractivity contribution in [2.24, 2.45) is 0 Å². The van der Waals surface area contributed by atoms with Crippen LogP contribution in [-0.2, 0) is 4.79 Å². The van der Waals surface area contributed by atoms with E-state index in [4.69, 9.17) is 9.52 Å². The van der Waals surface area contributed by atoms with Gasteiger partial charge in [-0.15, -0.1) is 0 Å². The highest BCUT2D eigenvalue weighted by molar-refractivity contribution is 5.93. The Morgan fingerprint density at radius 1 is 1.19 bits per heavy atom. The molecule has 3 aromatic rings. The molecule has 8 heteroatoms. The summed E-state index contributed by atoms with van der Waals surface area (Å²) in [7, 11) is 0. The minimum absolute atomic E-state index is 0.0932. The van der Waals surface area contributed by atoms with Crippen LogP contribution in [-0.4, -0.2) is 27.6 Å². The predicted octanol–water partition coefficient (Wildman–Crippen LogP) is 3.93. The number of rotatable bonds is 4. The zero-order valence-electron chi connectivity index (χ0n) is 15.0. The molecule has 1 heterocycles. The van der Waals surface area contributed by atoms with E-state index in [0.29, 0.717) is 16.7 Å². The highest BCUT2D eigenvalue weighted by atomic mass is 19.1. The molecule has 3 rings (SSSR count). The number of carboxylic acids is 1. The molecule has 0 aliphatic rings. The number of aryl methyl sites for hydroxylation is 1. The first-order valence-electron chi connectivity index (χ1n) is 8.15. The first kappa shape index (κ1) is 18.4. The summed E-state index contributed by atoms with van der Waals surface area (Å²) in [5.41, 5.74) is 1.12. The Hall–Kier alpha value is -3.42. The second kappa shape index (κ2) is 6.71. The Balaban J connectivity index is 1.80. The van der Waals surface area contributed by atoms with E-state index in [9.17, 15) is 14.0 Å². The summed E-state index contributed by atoms with van der Waals surface area (Å²) >= 11 is 0. The summed E-state index contributed by atoms with van der Waals surface area (Å²) < 4.78 is 20.0. The fraction of sp³-hybridized carbons (Fsp3) is 0.211. The van der Waals surface area contributed by atoms with E-state index < -0.39 is 23.4 Å². The van der Waals surface area contributed by atoms with Crippen molar-refractivity contribution in [1.29, 1.82) is 0 Å². The Morgan fingerprint density at radius 3 is 2.59 bits per heavy atom. The van der Waals surface area contributed by atoms with E-state index in [0.717, 1.165) is 5.56 Å². The lowest BCUT2D eigenvalue weighted by atomic mass is 10.1. The summed E-state index contributed by atoms with van der Waals surface area (Å²) in [5.74, 6) is -1.65. The molecule has 0 radical (unpaired) electrons. The van der Waals surface area contributed by atoms with Crippen LogP contribution >= 0.6 is 0 Å². The van der Waals surface area contributed by atoms with Crippen molar-refractivity contribution in [3.63, 3.8) is 0 Å². The lowest BCUT2D eigenvalue weighted by Crippen LogP contribution is -2.51. The molecule has 0 saturated heterocycles. The Bertz CT molecular complexity index is 1040. The normalized spacial score (nSPS) is 11.4. The lowest BCUT2D eigenvalue weighted by molar-refractivity contribution is -0.142. The van der Waals surface area contributed by atoms with Crippen molar-refractivity contribution in [3.8, 4) is 11.5 Å². The van der Waals surface area contributed by atoms with Crippen LogP contribution in [0.3, 0.4) is 0 Å². The van der Waals surface area contributed by atoms with Gasteiger partial charge in [-0.1, -0.05) is 6.07 Å². The van der Waals surface area contributed by atoms with Crippen molar-refractivity contribution in [2.45, 2.75) is 26.3 Å². The molecular formula is C19H18FN3O4. The van der Waals surface area contributed by atoms with E-state index in [-0.39, 0.29) is 11.6 Å². The third-order valence-corrected chi connectivity index (χ3v) is 3.97. The number of anilines is 1. The molecule has 0 atom stereocenters. The minimum Gasteiger partial charge on any atom is -0.480 e. The number of carboxylic acid groups (broad SMARTS) is 1. The Kier molecular flexibility index (Phi) is 4.57. The average Bonchev–Trinajstić information content (AvgIpc) is 2.99. The van der Waals surface area contributed by atoms with Gasteiger partial charge in [0.15, 0.2) is 5.58 Å². The highest BCUT2D eigenvalue weighted by Crippen LogP contribution is 2.27. The maximum absolute atomic E-state index is 14.4. The first-order chi connectivity index (χ1) is 12.7. The number of aliphatic carboxylic acids is 1. The fourth-order valence-corrected chi connectivity index (χ4v) is 2.40. The number of benzene rings is 2. The number of oxazole rings is 1. The van der Waals surface area contributed by atoms with E-state index in [1.165, 1.54) is 26.0 Å². The van der Waals surface area contributed by atoms with Crippen molar-refractivity contribution in [1.82, 2.24) is 10.3 Å². The molecule has 2 aromatic carbocycles. The Labute approximate surface area is 154 Å². The molecule has 27 heavy (non-hydrogen) atoms. The third-order valence-electron chi connectivity index (χ3n) is 3.97. The maximum Gasteiger partial charge on any atom is 0.328 e. The largest absolute Gasteiger partial charge is 0.480 e. The predicted molar refractivity (Wildman–Crippen MR) is 98.0 cm³/mol. The molecule has 2 amide bonds. The van der Waals surface area contributed by atoms with Gasteiger partial charge in [0.25, 0.3) is 0 Å². The molecule has 3 N–H and O–H groups in total. The fourth-order valence-electron chi connectivity index (χ4n) is 2.40. The number of hydrogen-bond donors (Lipinski definition) is 3. The summed E-state index contributed by atoms with van der Waals surface area (Å²) in [5, 5.41) is 13.6.